The second-order valence-electron chi connectivity index (χ2n) is 10.5. The van der Waals surface area contributed by atoms with Gasteiger partial charge in [0.15, 0.2) is 6.29 Å². The van der Waals surface area contributed by atoms with Crippen LogP contribution in [0.4, 0.5) is 0 Å². The van der Waals surface area contributed by atoms with Gasteiger partial charge >= 0.3 is 0 Å². The highest BCUT2D eigenvalue weighted by molar-refractivity contribution is 7.19. The number of hydrogen-bond acceptors (Lipinski definition) is 6. The molecule has 0 aliphatic carbocycles. The van der Waals surface area contributed by atoms with Gasteiger partial charge in [0.25, 0.3) is 5.91 Å². The van der Waals surface area contributed by atoms with Crippen LogP contribution in [0.25, 0.3) is 10.1 Å². The first-order valence-electron chi connectivity index (χ1n) is 12.5. The molecule has 196 valence electrons. The Morgan fingerprint density at radius 2 is 1.72 bits per heavy atom. The number of benzene rings is 2. The van der Waals surface area contributed by atoms with Crippen molar-refractivity contribution in [2.75, 3.05) is 13.2 Å². The summed E-state index contributed by atoms with van der Waals surface area (Å²) < 4.78 is 7.07. The molecule has 7 heteroatoms. The molecule has 0 radical (unpaired) electrons. The van der Waals surface area contributed by atoms with Crippen molar-refractivity contribution in [3.63, 3.8) is 0 Å². The van der Waals surface area contributed by atoms with Crippen molar-refractivity contribution in [1.82, 2.24) is 5.32 Å². The second kappa shape index (κ2) is 11.3. The van der Waals surface area contributed by atoms with Crippen LogP contribution in [-0.4, -0.2) is 46.8 Å². The monoisotopic (exact) mass is 513 g/mol. The maximum Gasteiger partial charge on any atom is 0.251 e. The maximum absolute atomic E-state index is 12.4. The Bertz CT molecular complexity index is 1190. The number of aryl methyl sites for hydroxylation is 1. The molecule has 0 bridgehead atoms. The van der Waals surface area contributed by atoms with Gasteiger partial charge in [-0.2, -0.15) is 0 Å². The predicted octanol–water partition coefficient (Wildman–Crippen LogP) is 5.14. The number of fused-ring (bicyclic) bond motifs is 1. The third-order valence-electron chi connectivity index (χ3n) is 7.03. The number of thiophene rings is 1. The molecule has 4 N–H and O–H groups in total. The average molecular weight is 514 g/mol. The number of hydrogen-bond donors (Lipinski definition) is 4. The molecule has 36 heavy (non-hydrogen) atoms. The fourth-order valence-corrected chi connectivity index (χ4v) is 5.78. The van der Waals surface area contributed by atoms with Gasteiger partial charge in [-0.25, -0.2) is 0 Å². The zero-order valence-electron chi connectivity index (χ0n) is 22.1. The van der Waals surface area contributed by atoms with Crippen LogP contribution in [0.3, 0.4) is 0 Å². The van der Waals surface area contributed by atoms with Gasteiger partial charge in [0, 0.05) is 20.6 Å². The van der Waals surface area contributed by atoms with Gasteiger partial charge in [0.2, 0.25) is 0 Å². The molecule has 1 amide bonds. The van der Waals surface area contributed by atoms with Crippen LogP contribution in [0, 0.1) is 12.3 Å². The first-order chi connectivity index (χ1) is 16.9. The highest BCUT2D eigenvalue weighted by atomic mass is 32.1. The third-order valence-corrected chi connectivity index (χ3v) is 8.35. The summed E-state index contributed by atoms with van der Waals surface area (Å²) in [5, 5.41) is 31.9. The third kappa shape index (κ3) is 6.09. The SMILES string of the molecule is CCC(CC)(c1ccc(OCC(O)C(C)(C)C)c(C)c1)c1cc2cc(C(=O)NCC(O)O)ccc2s1. The highest BCUT2D eigenvalue weighted by Gasteiger charge is 2.33. The molecular formula is C29H39NO5S. The Hall–Kier alpha value is -2.45. The minimum atomic E-state index is -1.58. The summed E-state index contributed by atoms with van der Waals surface area (Å²) in [6.45, 7) is 12.5. The van der Waals surface area contributed by atoms with Crippen LogP contribution in [0.1, 0.15) is 73.8 Å². The molecule has 1 atom stereocenters. The Morgan fingerprint density at radius 3 is 2.31 bits per heavy atom. The summed E-state index contributed by atoms with van der Waals surface area (Å²) in [7, 11) is 0. The number of rotatable bonds is 10. The molecule has 3 aromatic rings. The lowest BCUT2D eigenvalue weighted by Gasteiger charge is -2.32. The van der Waals surface area contributed by atoms with Gasteiger partial charge in [-0.05, 0) is 72.0 Å². The van der Waals surface area contributed by atoms with Crippen molar-refractivity contribution < 1.29 is 24.9 Å². The van der Waals surface area contributed by atoms with Crippen molar-refractivity contribution in [3.05, 3.63) is 64.0 Å². The standard InChI is InChI=1S/C29H39NO5S/c1-7-29(8-2,21-10-11-22(18(3)13-21)35-17-24(31)28(4,5)6)25-15-20-14-19(9-12-23(20)36-25)27(34)30-16-26(32)33/h9-15,24,26,31-33H,7-8,16-17H2,1-6H3,(H,30,34). The van der Waals surface area contributed by atoms with Gasteiger partial charge in [-0.15, -0.1) is 11.3 Å². The predicted molar refractivity (Wildman–Crippen MR) is 146 cm³/mol. The molecule has 0 aliphatic rings. The molecule has 3 rings (SSSR count). The fraction of sp³-hybridized carbons (Fsp3) is 0.483. The van der Waals surface area contributed by atoms with E-state index in [9.17, 15) is 9.90 Å². The van der Waals surface area contributed by atoms with E-state index < -0.39 is 12.4 Å². The molecule has 6 nitrogen and oxygen atoms in total. The maximum atomic E-state index is 12.4. The zero-order valence-corrected chi connectivity index (χ0v) is 22.9. The first kappa shape index (κ1) is 28.1. The quantitative estimate of drug-likeness (QED) is 0.281. The van der Waals surface area contributed by atoms with E-state index in [1.807, 2.05) is 45.9 Å². The summed E-state index contributed by atoms with van der Waals surface area (Å²) >= 11 is 1.74. The van der Waals surface area contributed by atoms with E-state index in [0.29, 0.717) is 5.56 Å². The summed E-state index contributed by atoms with van der Waals surface area (Å²) in [5.41, 5.74) is 2.32. The normalized spacial score (nSPS) is 13.3. The lowest BCUT2D eigenvalue weighted by atomic mass is 9.74. The van der Waals surface area contributed by atoms with Gasteiger partial charge in [-0.1, -0.05) is 46.8 Å². The lowest BCUT2D eigenvalue weighted by Crippen LogP contribution is -2.32. The highest BCUT2D eigenvalue weighted by Crippen LogP contribution is 2.45. The largest absolute Gasteiger partial charge is 0.491 e. The zero-order chi connectivity index (χ0) is 26.7. The number of carbonyl (C=O) groups is 1. The van der Waals surface area contributed by atoms with Gasteiger partial charge in [0.1, 0.15) is 12.4 Å². The van der Waals surface area contributed by atoms with E-state index in [1.54, 1.807) is 17.4 Å². The Morgan fingerprint density at radius 1 is 1.03 bits per heavy atom. The molecule has 1 unspecified atom stereocenters. The first-order valence-corrected chi connectivity index (χ1v) is 13.3. The molecule has 0 fully saturated rings. The van der Waals surface area contributed by atoms with E-state index in [1.165, 1.54) is 10.4 Å². The van der Waals surface area contributed by atoms with Gasteiger partial charge in [0.05, 0.1) is 12.6 Å². The summed E-state index contributed by atoms with van der Waals surface area (Å²) in [6.07, 6.45) is -0.300. The topological polar surface area (TPSA) is 99.0 Å². The number of aliphatic hydroxyl groups is 3. The van der Waals surface area contributed by atoms with Crippen LogP contribution in [-0.2, 0) is 5.41 Å². The summed E-state index contributed by atoms with van der Waals surface area (Å²) in [5.74, 6) is 0.445. The van der Waals surface area contributed by atoms with E-state index >= 15 is 0 Å². The van der Waals surface area contributed by atoms with Gasteiger partial charge < -0.3 is 25.4 Å². The van der Waals surface area contributed by atoms with Crippen molar-refractivity contribution in [1.29, 1.82) is 0 Å². The molecule has 1 heterocycles. The molecule has 0 aliphatic heterocycles. The number of ether oxygens (including phenoxy) is 1. The van der Waals surface area contributed by atoms with Crippen LogP contribution in [0.5, 0.6) is 5.75 Å². The molecule has 0 spiro atoms. The second-order valence-corrected chi connectivity index (χ2v) is 11.6. The minimum Gasteiger partial charge on any atom is -0.491 e. The summed E-state index contributed by atoms with van der Waals surface area (Å²) in [6, 6.07) is 14.1. The Labute approximate surface area is 217 Å². The number of carbonyl (C=O) groups excluding carboxylic acids is 1. The van der Waals surface area contributed by atoms with Crippen LogP contribution < -0.4 is 10.1 Å². The van der Waals surface area contributed by atoms with E-state index in [0.717, 1.165) is 34.2 Å². The van der Waals surface area contributed by atoms with Crippen molar-refractivity contribution in [2.24, 2.45) is 5.41 Å². The molecule has 1 aromatic heterocycles. The van der Waals surface area contributed by atoms with E-state index in [4.69, 9.17) is 14.9 Å². The van der Waals surface area contributed by atoms with Crippen molar-refractivity contribution in [3.8, 4) is 5.75 Å². The number of amides is 1. The molecule has 2 aromatic carbocycles. The average Bonchev–Trinajstić information content (AvgIpc) is 3.26. The van der Waals surface area contributed by atoms with Crippen LogP contribution >= 0.6 is 11.3 Å². The van der Waals surface area contributed by atoms with Crippen LogP contribution in [0.2, 0.25) is 0 Å². The van der Waals surface area contributed by atoms with Crippen LogP contribution in [0.15, 0.2) is 42.5 Å². The minimum absolute atomic E-state index is 0.179. The molecule has 0 saturated heterocycles. The van der Waals surface area contributed by atoms with E-state index in [-0.39, 0.29) is 29.9 Å². The molecular weight excluding hydrogens is 474 g/mol. The lowest BCUT2D eigenvalue weighted by molar-refractivity contribution is -0.0361. The number of aliphatic hydroxyl groups excluding tert-OH is 2. The van der Waals surface area contributed by atoms with Gasteiger partial charge in [-0.3, -0.25) is 4.79 Å². The summed E-state index contributed by atoms with van der Waals surface area (Å²) in [4.78, 5) is 13.6. The molecule has 0 saturated carbocycles. The Balaban J connectivity index is 1.91. The van der Waals surface area contributed by atoms with Crippen molar-refractivity contribution >= 4 is 27.3 Å². The fourth-order valence-electron chi connectivity index (χ4n) is 4.38. The smallest absolute Gasteiger partial charge is 0.251 e. The Kier molecular flexibility index (Phi) is 8.83. The van der Waals surface area contributed by atoms with E-state index in [2.05, 4.69) is 37.4 Å². The number of nitrogens with one attached hydrogen (secondary N) is 1. The van der Waals surface area contributed by atoms with Crippen molar-refractivity contribution in [2.45, 2.75) is 72.2 Å².